The largest absolute Gasteiger partial charge is 0.478 e. The Morgan fingerprint density at radius 2 is 0.757 bits per heavy atom. The summed E-state index contributed by atoms with van der Waals surface area (Å²) in [6.07, 6.45) is 12.2. The second-order valence-electron chi connectivity index (χ2n) is 27.7. The van der Waals surface area contributed by atoms with Crippen molar-refractivity contribution >= 4 is 97.7 Å². The molecule has 7 aromatic carbocycles. The summed E-state index contributed by atoms with van der Waals surface area (Å²) in [5.74, 6) is -2.04. The van der Waals surface area contributed by atoms with Crippen molar-refractivity contribution in [3.8, 4) is 0 Å². The van der Waals surface area contributed by atoms with Crippen LogP contribution in [-0.4, -0.2) is 164 Å². The maximum absolute atomic E-state index is 13.2. The summed E-state index contributed by atoms with van der Waals surface area (Å²) in [4.78, 5) is 110. The van der Waals surface area contributed by atoms with E-state index in [1.54, 1.807) is 63.8 Å². The molecule has 5 aliphatic heterocycles. The number of hydrogen-bond acceptors (Lipinski definition) is 21. The fourth-order valence-corrected chi connectivity index (χ4v) is 14.3. The number of carboxylic acid groups (broad SMARTS) is 1. The Balaban J connectivity index is 0.000000156. The number of aliphatic hydroxyl groups excluding tert-OH is 1. The smallest absolute Gasteiger partial charge is 0.339 e. The molecule has 0 saturated carbocycles. The van der Waals surface area contributed by atoms with Crippen molar-refractivity contribution < 1.29 is 67.4 Å². The van der Waals surface area contributed by atoms with Gasteiger partial charge in [-0.1, -0.05) is 24.3 Å². The summed E-state index contributed by atoms with van der Waals surface area (Å²) >= 11 is 0. The van der Waals surface area contributed by atoms with Crippen molar-refractivity contribution in [2.45, 2.75) is 104 Å². The number of anilines is 7. The van der Waals surface area contributed by atoms with Gasteiger partial charge in [0.2, 0.25) is 11.1 Å². The van der Waals surface area contributed by atoms with Crippen LogP contribution in [0.15, 0.2) is 149 Å². The number of nitrogens with zero attached hydrogens (tertiary/aromatic N) is 5. The Morgan fingerprint density at radius 3 is 1.14 bits per heavy atom. The number of aromatic carboxylic acids is 1. The molecule has 5 fully saturated rings. The summed E-state index contributed by atoms with van der Waals surface area (Å²) in [7, 11) is 9.04. The van der Waals surface area contributed by atoms with Crippen LogP contribution in [0.4, 0.5) is 39.8 Å². The molecule has 0 bridgehead atoms. The van der Waals surface area contributed by atoms with Crippen molar-refractivity contribution in [2.24, 2.45) is 0 Å². The van der Waals surface area contributed by atoms with E-state index >= 15 is 0 Å². The number of nitrogens with one attached hydrogen (secondary N) is 3. The summed E-state index contributed by atoms with van der Waals surface area (Å²) in [5, 5.41) is 23.3. The van der Waals surface area contributed by atoms with Gasteiger partial charge in [-0.25, -0.2) is 19.2 Å². The number of benzene rings is 7. The van der Waals surface area contributed by atoms with Gasteiger partial charge in [-0.3, -0.25) is 19.2 Å². The molecule has 0 radical (unpaired) electrons. The zero-order valence-electron chi connectivity index (χ0n) is 64.8. The molecule has 588 valence electrons. The van der Waals surface area contributed by atoms with Crippen LogP contribution >= 0.6 is 0 Å². The summed E-state index contributed by atoms with van der Waals surface area (Å²) in [5.41, 5.74) is 21.5. The lowest BCUT2D eigenvalue weighted by atomic mass is 10.1. The van der Waals surface area contributed by atoms with Gasteiger partial charge in [-0.15, -0.1) is 0 Å². The predicted octanol–water partition coefficient (Wildman–Crippen LogP) is 13.1. The molecule has 0 spiro atoms. The van der Waals surface area contributed by atoms with Crippen molar-refractivity contribution in [3.05, 3.63) is 227 Å². The molecule has 9 aromatic rings. The SMILES string of the molecule is COC(=O)c1cc(C=O)ccc1N1CCCC1.COC(=O)c1cc(CO)ccc1N1CCCC1.COCc1ccc(N2CCCC2)c(C(=O)Nc2ccc3[nH]c(=O)cc(C)c3c2)c1.COCc1ccc(N2CCCC2)c(C(=O)O)c1.COCc1ccc(N2CCCC2)c(C(=O)OC)c1.Cc1cc(=O)[nH]c2ccc(N)cc12. The highest BCUT2D eigenvalue weighted by molar-refractivity contribution is 6.09. The number of carbonyl (C=O) groups excluding carboxylic acids is 5. The van der Waals surface area contributed by atoms with E-state index in [0.29, 0.717) is 64.6 Å². The number of aryl methyl sites for hydroxylation is 2. The minimum Gasteiger partial charge on any atom is -0.478 e. The number of nitrogen functional groups attached to an aromatic ring is 1. The molecule has 0 unspecified atom stereocenters. The van der Waals surface area contributed by atoms with Gasteiger partial charge in [0, 0.05) is 143 Å². The Bertz CT molecular complexity index is 4820. The van der Waals surface area contributed by atoms with Gasteiger partial charge in [-0.05, 0) is 215 Å². The van der Waals surface area contributed by atoms with Crippen LogP contribution in [-0.2, 0) is 54.8 Å². The minimum atomic E-state index is -0.871. The number of carboxylic acids is 1. The number of aromatic nitrogens is 2. The Kier molecular flexibility index (Phi) is 31.2. The van der Waals surface area contributed by atoms with Crippen molar-refractivity contribution in [2.75, 3.05) is 144 Å². The van der Waals surface area contributed by atoms with Crippen LogP contribution in [0.25, 0.3) is 21.8 Å². The lowest BCUT2D eigenvalue weighted by molar-refractivity contribution is 0.0592. The van der Waals surface area contributed by atoms with E-state index in [1.165, 1.54) is 34.2 Å². The second kappa shape index (κ2) is 41.4. The van der Waals surface area contributed by atoms with E-state index < -0.39 is 11.9 Å². The molecule has 5 aliphatic rings. The number of aromatic amines is 2. The normalized spacial score (nSPS) is 14.2. The first-order valence-electron chi connectivity index (χ1n) is 37.5. The molecule has 111 heavy (non-hydrogen) atoms. The molecule has 1 amide bonds. The Hall–Kier alpha value is -11.4. The van der Waals surface area contributed by atoms with Crippen molar-refractivity contribution in [1.29, 1.82) is 0 Å². The van der Waals surface area contributed by atoms with Crippen molar-refractivity contribution in [1.82, 2.24) is 9.97 Å². The topological polar surface area (TPSA) is 318 Å². The van der Waals surface area contributed by atoms with Gasteiger partial charge in [-0.2, -0.15) is 0 Å². The predicted molar refractivity (Wildman–Crippen MR) is 435 cm³/mol. The fraction of sp³-hybridized carbons (Fsp3) is 0.372. The first-order valence-corrected chi connectivity index (χ1v) is 37.5. The number of ether oxygens (including phenoxy) is 6. The number of aldehydes is 1. The first kappa shape index (κ1) is 83.7. The quantitative estimate of drug-likeness (QED) is 0.0190. The molecule has 25 nitrogen and oxygen atoms in total. The Morgan fingerprint density at radius 1 is 0.423 bits per heavy atom. The van der Waals surface area contributed by atoms with E-state index in [0.717, 1.165) is 207 Å². The van der Waals surface area contributed by atoms with E-state index in [2.05, 4.69) is 39.8 Å². The van der Waals surface area contributed by atoms with Crippen LogP contribution in [0.3, 0.4) is 0 Å². The highest BCUT2D eigenvalue weighted by Gasteiger charge is 2.26. The summed E-state index contributed by atoms with van der Waals surface area (Å²) < 4.78 is 29.8. The number of amides is 1. The average molecular weight is 1520 g/mol. The second-order valence-corrected chi connectivity index (χ2v) is 27.7. The van der Waals surface area contributed by atoms with Crippen LogP contribution in [0.1, 0.15) is 160 Å². The molecule has 7 N–H and O–H groups in total. The van der Waals surface area contributed by atoms with Crippen molar-refractivity contribution in [3.63, 3.8) is 0 Å². The molecular formula is C86H103N9O16. The molecule has 7 heterocycles. The average Bonchev–Trinajstić information content (AvgIpc) is 1.33. The molecule has 0 aliphatic carbocycles. The lowest BCUT2D eigenvalue weighted by Gasteiger charge is -2.22. The number of pyridine rings is 2. The summed E-state index contributed by atoms with van der Waals surface area (Å²) in [6, 6.07) is 42.0. The minimum absolute atomic E-state index is 0.0652. The third-order valence-corrected chi connectivity index (χ3v) is 19.8. The van der Waals surface area contributed by atoms with Crippen LogP contribution in [0.5, 0.6) is 0 Å². The highest BCUT2D eigenvalue weighted by atomic mass is 16.5. The maximum Gasteiger partial charge on any atom is 0.339 e. The number of hydrogen-bond donors (Lipinski definition) is 6. The van der Waals surface area contributed by atoms with E-state index in [1.807, 2.05) is 111 Å². The zero-order valence-corrected chi connectivity index (χ0v) is 64.8. The van der Waals surface area contributed by atoms with Crippen LogP contribution in [0.2, 0.25) is 0 Å². The van der Waals surface area contributed by atoms with Gasteiger partial charge in [0.05, 0.1) is 98.3 Å². The van der Waals surface area contributed by atoms with Gasteiger partial charge in [0.15, 0.2) is 0 Å². The Labute approximate surface area is 647 Å². The number of rotatable bonds is 19. The maximum atomic E-state index is 13.2. The molecule has 2 aromatic heterocycles. The number of methoxy groups -OCH3 is 6. The number of esters is 3. The monoisotopic (exact) mass is 1520 g/mol. The first-order chi connectivity index (χ1) is 53.7. The molecule has 5 saturated heterocycles. The van der Waals surface area contributed by atoms with Crippen LogP contribution < -0.4 is 46.7 Å². The summed E-state index contributed by atoms with van der Waals surface area (Å²) in [6.45, 7) is 14.8. The fourth-order valence-electron chi connectivity index (χ4n) is 14.3. The van der Waals surface area contributed by atoms with Crippen LogP contribution in [0, 0.1) is 13.8 Å². The third kappa shape index (κ3) is 22.6. The van der Waals surface area contributed by atoms with E-state index in [4.69, 9.17) is 39.3 Å². The number of carbonyl (C=O) groups is 6. The van der Waals surface area contributed by atoms with E-state index in [-0.39, 0.29) is 35.6 Å². The van der Waals surface area contributed by atoms with Gasteiger partial charge >= 0.3 is 23.9 Å². The lowest BCUT2D eigenvalue weighted by Crippen LogP contribution is -2.23. The number of fused-ring (bicyclic) bond motifs is 2. The number of aliphatic hydroxyl groups is 1. The zero-order chi connectivity index (χ0) is 79.5. The number of H-pyrrole nitrogens is 2. The van der Waals surface area contributed by atoms with Gasteiger partial charge in [0.1, 0.15) is 6.29 Å². The molecule has 25 heteroatoms. The standard InChI is InChI=1S/C23H25N3O3.C14H19NO3.2C13H17NO3.C13H15NO3.C10H10N2O/c1-15-11-22(27)25-20-7-6-17(13-18(15)20)24-23(28)19-12-16(14-29-2)5-8-21(19)26-9-3-4-10-26;1-17-10-11-5-6-13(15-7-3-4-8-15)12(9-11)14(16)18-2;1-17-9-10-4-5-12(11(8-10)13(15)16)14-6-2-3-7-14;2*1-17-13(16)11-8-10(9-15)4-5-12(11)14-6-2-3-7-14;1-6-4-10(13)12-9-3-2-7(11)5-8(6)9/h5-8,11-13H,3-4,9-10,14H2,1-2H3,(H,24,28)(H,25,27);5-6,9H,3-4,7-8,10H2,1-2H3;4-5,8H,2-3,6-7,9H2,1H3,(H,15,16);4-5,8,15H,2-3,6-7,9H2,1H3;4-5,8-9H,2-3,6-7H2,1H3;2-5H,11H2,1H3,(H,12,13). The third-order valence-electron chi connectivity index (χ3n) is 19.8. The van der Waals surface area contributed by atoms with Gasteiger partial charge in [0.25, 0.3) is 5.91 Å². The van der Waals surface area contributed by atoms with E-state index in [9.17, 15) is 43.5 Å². The molecule has 14 rings (SSSR count). The number of nitrogens with two attached hydrogens (primary N) is 1. The molecule has 0 atom stereocenters. The molecular weight excluding hydrogens is 1410 g/mol. The van der Waals surface area contributed by atoms with Gasteiger partial charge < -0.3 is 84.2 Å². The highest BCUT2D eigenvalue weighted by Crippen LogP contribution is 2.33.